The molecular weight excluding hydrogens is 414 g/mol. The van der Waals surface area contributed by atoms with Crippen molar-refractivity contribution in [3.8, 4) is 5.75 Å². The number of carbonyl (C=O) groups is 3. The zero-order chi connectivity index (χ0) is 22.5. The number of ether oxygens (including phenoxy) is 1. The lowest BCUT2D eigenvalue weighted by Crippen LogP contribution is -2.42. The van der Waals surface area contributed by atoms with Gasteiger partial charge in [-0.25, -0.2) is 0 Å². The van der Waals surface area contributed by atoms with Gasteiger partial charge in [-0.3, -0.25) is 25.2 Å². The van der Waals surface area contributed by atoms with E-state index in [1.54, 1.807) is 36.4 Å². The van der Waals surface area contributed by atoms with Crippen molar-refractivity contribution in [2.75, 3.05) is 17.7 Å². The first-order chi connectivity index (χ1) is 15.0. The average Bonchev–Trinajstić information content (AvgIpc) is 2.77. The van der Waals surface area contributed by atoms with Gasteiger partial charge in [0.1, 0.15) is 5.75 Å². The Hall–Kier alpha value is -3.00. The van der Waals surface area contributed by atoms with Gasteiger partial charge in [0.2, 0.25) is 11.8 Å². The van der Waals surface area contributed by atoms with E-state index in [1.165, 1.54) is 31.5 Å². The highest BCUT2D eigenvalue weighted by Crippen LogP contribution is 2.20. The summed E-state index contributed by atoms with van der Waals surface area (Å²) < 4.78 is 5.66. The molecule has 2 rings (SSSR count). The van der Waals surface area contributed by atoms with Crippen molar-refractivity contribution in [1.29, 1.82) is 0 Å². The normalized spacial score (nSPS) is 10.3. The molecule has 0 bridgehead atoms. The molecule has 0 spiro atoms. The summed E-state index contributed by atoms with van der Waals surface area (Å²) in [4.78, 5) is 36.1. The van der Waals surface area contributed by atoms with Crippen LogP contribution in [0.2, 0.25) is 0 Å². The number of unbranched alkanes of at least 4 members (excludes halogenated alkanes) is 3. The van der Waals surface area contributed by atoms with Crippen LogP contribution < -0.4 is 20.9 Å². The number of benzene rings is 2. The van der Waals surface area contributed by atoms with Gasteiger partial charge in [0, 0.05) is 23.1 Å². The van der Waals surface area contributed by atoms with Crippen LogP contribution in [0.25, 0.3) is 0 Å². The minimum Gasteiger partial charge on any atom is -0.494 e. The summed E-state index contributed by atoms with van der Waals surface area (Å²) in [5, 5.41) is 2.68. The predicted octanol–water partition coefficient (Wildman–Crippen LogP) is 4.16. The molecule has 0 aliphatic rings. The fraction of sp³-hybridized carbons (Fsp3) is 0.348. The fourth-order valence-electron chi connectivity index (χ4n) is 2.64. The molecule has 7 nitrogen and oxygen atoms in total. The van der Waals surface area contributed by atoms with E-state index in [4.69, 9.17) is 4.74 Å². The fourth-order valence-corrected chi connectivity index (χ4v) is 3.34. The lowest BCUT2D eigenvalue weighted by Gasteiger charge is -2.09. The molecule has 2 aromatic rings. The van der Waals surface area contributed by atoms with E-state index in [-0.39, 0.29) is 17.6 Å². The smallest absolute Gasteiger partial charge is 0.269 e. The molecule has 3 amide bonds. The van der Waals surface area contributed by atoms with Crippen LogP contribution in [-0.4, -0.2) is 30.1 Å². The number of nitrogens with one attached hydrogen (secondary N) is 3. The topological polar surface area (TPSA) is 96.5 Å². The number of hydrazine groups is 1. The summed E-state index contributed by atoms with van der Waals surface area (Å²) in [7, 11) is 0. The van der Waals surface area contributed by atoms with Crippen LogP contribution in [0.4, 0.5) is 5.69 Å². The summed E-state index contributed by atoms with van der Waals surface area (Å²) in [6.07, 6.45) is 4.56. The van der Waals surface area contributed by atoms with E-state index in [9.17, 15) is 14.4 Å². The predicted molar refractivity (Wildman–Crippen MR) is 123 cm³/mol. The molecule has 0 aromatic heterocycles. The SMILES string of the molecule is CCCCCCOc1ccc(C(=O)NNC(=O)CSc2ccc(NC(C)=O)cc2)cc1. The molecular formula is C23H29N3O4S. The molecule has 0 aliphatic heterocycles. The summed E-state index contributed by atoms with van der Waals surface area (Å²) >= 11 is 1.33. The van der Waals surface area contributed by atoms with Gasteiger partial charge >= 0.3 is 0 Å². The molecule has 2 aromatic carbocycles. The van der Waals surface area contributed by atoms with Gasteiger partial charge in [-0.05, 0) is 55.0 Å². The molecule has 0 saturated heterocycles. The van der Waals surface area contributed by atoms with Crippen LogP contribution in [0.15, 0.2) is 53.4 Å². The number of amides is 3. The van der Waals surface area contributed by atoms with Crippen LogP contribution in [0.3, 0.4) is 0 Å². The number of carbonyl (C=O) groups excluding carboxylic acids is 3. The van der Waals surface area contributed by atoms with E-state index in [2.05, 4.69) is 23.1 Å². The highest BCUT2D eigenvalue weighted by molar-refractivity contribution is 8.00. The molecule has 31 heavy (non-hydrogen) atoms. The van der Waals surface area contributed by atoms with Crippen LogP contribution in [0.1, 0.15) is 49.9 Å². The van der Waals surface area contributed by atoms with Crippen molar-refractivity contribution in [3.05, 3.63) is 54.1 Å². The highest BCUT2D eigenvalue weighted by Gasteiger charge is 2.08. The van der Waals surface area contributed by atoms with Gasteiger partial charge in [0.05, 0.1) is 12.4 Å². The Morgan fingerprint density at radius 2 is 1.61 bits per heavy atom. The maximum atomic E-state index is 12.2. The van der Waals surface area contributed by atoms with Gasteiger partial charge in [-0.1, -0.05) is 26.2 Å². The Bertz CT molecular complexity index is 854. The summed E-state index contributed by atoms with van der Waals surface area (Å²) in [5.74, 6) is 0.00632. The number of thioether (sulfide) groups is 1. The zero-order valence-corrected chi connectivity index (χ0v) is 18.7. The molecule has 0 atom stereocenters. The molecule has 166 valence electrons. The second-order valence-electron chi connectivity index (χ2n) is 6.93. The lowest BCUT2D eigenvalue weighted by atomic mass is 10.2. The monoisotopic (exact) mass is 443 g/mol. The van der Waals surface area contributed by atoms with E-state index in [0.717, 1.165) is 23.5 Å². The molecule has 0 aliphatic carbocycles. The zero-order valence-electron chi connectivity index (χ0n) is 17.9. The van der Waals surface area contributed by atoms with Crippen molar-refractivity contribution in [2.24, 2.45) is 0 Å². The van der Waals surface area contributed by atoms with E-state index < -0.39 is 5.91 Å². The second kappa shape index (κ2) is 13.3. The van der Waals surface area contributed by atoms with Gasteiger partial charge in [-0.15, -0.1) is 11.8 Å². The Balaban J connectivity index is 1.69. The molecule has 0 fully saturated rings. The van der Waals surface area contributed by atoms with Crippen molar-refractivity contribution >= 4 is 35.2 Å². The number of hydrogen-bond acceptors (Lipinski definition) is 5. The van der Waals surface area contributed by atoms with E-state index in [0.29, 0.717) is 17.9 Å². The van der Waals surface area contributed by atoms with Crippen LogP contribution in [-0.2, 0) is 9.59 Å². The third-order valence-corrected chi connectivity index (χ3v) is 5.26. The minimum absolute atomic E-state index is 0.139. The molecule has 8 heteroatoms. The second-order valence-corrected chi connectivity index (χ2v) is 7.98. The molecule has 0 radical (unpaired) electrons. The van der Waals surface area contributed by atoms with Crippen molar-refractivity contribution in [3.63, 3.8) is 0 Å². The first-order valence-corrected chi connectivity index (χ1v) is 11.3. The van der Waals surface area contributed by atoms with Crippen molar-refractivity contribution in [1.82, 2.24) is 10.9 Å². The van der Waals surface area contributed by atoms with Gasteiger partial charge in [0.15, 0.2) is 0 Å². The maximum absolute atomic E-state index is 12.2. The summed E-state index contributed by atoms with van der Waals surface area (Å²) in [6.45, 7) is 4.27. The Labute approximate surface area is 187 Å². The third kappa shape index (κ3) is 9.57. The van der Waals surface area contributed by atoms with Crippen LogP contribution >= 0.6 is 11.8 Å². The molecule has 3 N–H and O–H groups in total. The number of rotatable bonds is 11. The Morgan fingerprint density at radius 3 is 2.26 bits per heavy atom. The molecule has 0 unspecified atom stereocenters. The summed E-state index contributed by atoms with van der Waals surface area (Å²) in [5.41, 5.74) is 5.95. The standard InChI is InChI=1S/C23H29N3O4S/c1-3-4-5-6-15-30-20-11-7-18(8-12-20)23(29)26-25-22(28)16-31-21-13-9-19(10-14-21)24-17(2)27/h7-14H,3-6,15-16H2,1-2H3,(H,24,27)(H,25,28)(H,26,29). The Morgan fingerprint density at radius 1 is 0.903 bits per heavy atom. The number of hydrogen-bond donors (Lipinski definition) is 3. The Kier molecular flexibility index (Phi) is 10.4. The van der Waals surface area contributed by atoms with E-state index >= 15 is 0 Å². The maximum Gasteiger partial charge on any atom is 0.269 e. The van der Waals surface area contributed by atoms with Crippen molar-refractivity contribution < 1.29 is 19.1 Å². The highest BCUT2D eigenvalue weighted by atomic mass is 32.2. The third-order valence-electron chi connectivity index (χ3n) is 4.24. The van der Waals surface area contributed by atoms with Gasteiger partial charge in [0.25, 0.3) is 5.91 Å². The van der Waals surface area contributed by atoms with Crippen LogP contribution in [0, 0.1) is 0 Å². The van der Waals surface area contributed by atoms with Crippen LogP contribution in [0.5, 0.6) is 5.75 Å². The quantitative estimate of drug-likeness (QED) is 0.275. The summed E-state index contributed by atoms with van der Waals surface area (Å²) in [6, 6.07) is 14.0. The largest absolute Gasteiger partial charge is 0.494 e. The first-order valence-electron chi connectivity index (χ1n) is 10.3. The minimum atomic E-state index is -0.396. The number of anilines is 1. The molecule has 0 heterocycles. The van der Waals surface area contributed by atoms with Gasteiger partial charge < -0.3 is 10.1 Å². The van der Waals surface area contributed by atoms with Crippen molar-refractivity contribution in [2.45, 2.75) is 44.4 Å². The average molecular weight is 444 g/mol. The van der Waals surface area contributed by atoms with Gasteiger partial charge in [-0.2, -0.15) is 0 Å². The molecule has 0 saturated carbocycles. The van der Waals surface area contributed by atoms with E-state index in [1.807, 2.05) is 12.1 Å². The first kappa shape index (κ1) is 24.3. The lowest BCUT2D eigenvalue weighted by molar-refractivity contribution is -0.119.